The molecule has 8 nitrogen and oxygen atoms in total. The topological polar surface area (TPSA) is 94.0 Å². The summed E-state index contributed by atoms with van der Waals surface area (Å²) in [4.78, 5) is 24.2. The van der Waals surface area contributed by atoms with Crippen molar-refractivity contribution in [3.8, 4) is 11.5 Å². The zero-order chi connectivity index (χ0) is 20.8. The van der Waals surface area contributed by atoms with Gasteiger partial charge in [-0.3, -0.25) is 9.59 Å². The molecule has 8 heteroatoms. The van der Waals surface area contributed by atoms with Crippen molar-refractivity contribution in [2.45, 2.75) is 0 Å². The molecule has 150 valence electrons. The van der Waals surface area contributed by atoms with Crippen LogP contribution >= 0.6 is 0 Å². The highest BCUT2D eigenvalue weighted by Gasteiger charge is 2.12. The van der Waals surface area contributed by atoms with Crippen molar-refractivity contribution < 1.29 is 19.1 Å². The summed E-state index contributed by atoms with van der Waals surface area (Å²) in [6.07, 6.45) is 3.51. The number of fused-ring (bicyclic) bond motifs is 1. The summed E-state index contributed by atoms with van der Waals surface area (Å²) in [5.41, 5.74) is 4.73. The number of methoxy groups -OCH3 is 2. The number of para-hydroxylation sites is 1. The smallest absolute Gasteiger partial charge is 0.259 e. The monoisotopic (exact) mass is 394 g/mol. The lowest BCUT2D eigenvalue weighted by molar-refractivity contribution is -0.120. The fraction of sp³-hybridized carbons (Fsp3) is 0.190. The maximum absolute atomic E-state index is 12.2. The number of carbonyl (C=O) groups excluding carboxylic acids is 2. The van der Waals surface area contributed by atoms with Gasteiger partial charge in [-0.05, 0) is 24.3 Å². The van der Waals surface area contributed by atoms with Crippen LogP contribution in [0.15, 0.2) is 53.8 Å². The Balaban J connectivity index is 1.56. The lowest BCUT2D eigenvalue weighted by Gasteiger charge is -2.09. The third kappa shape index (κ3) is 4.55. The molecule has 29 heavy (non-hydrogen) atoms. The molecule has 0 atom stereocenters. The molecule has 0 unspecified atom stereocenters. The van der Waals surface area contributed by atoms with Crippen molar-refractivity contribution in [2.24, 2.45) is 12.1 Å². The minimum atomic E-state index is -0.435. The van der Waals surface area contributed by atoms with Crippen LogP contribution in [0.1, 0.15) is 15.9 Å². The second-order valence-corrected chi connectivity index (χ2v) is 6.26. The minimum absolute atomic E-state index is 0.208. The fourth-order valence-electron chi connectivity index (χ4n) is 2.93. The zero-order valence-electron chi connectivity index (χ0n) is 16.4. The number of ether oxygens (including phenoxy) is 2. The molecule has 0 aliphatic heterocycles. The number of hydrogen-bond acceptors (Lipinski definition) is 5. The molecular formula is C21H22N4O4. The standard InChI is InChI=1S/C21H22N4O4/c1-25-13-15(16-6-4-5-7-17(16)25)11-23-24-20(26)12-22-21(27)14-8-9-18(28-2)19(10-14)29-3/h4-11,13H,12H2,1-3H3,(H,22,27)(H,24,26)/b23-11-. The van der Waals surface area contributed by atoms with Crippen LogP contribution in [0, 0.1) is 0 Å². The van der Waals surface area contributed by atoms with Crippen LogP contribution < -0.4 is 20.2 Å². The van der Waals surface area contributed by atoms with E-state index in [-0.39, 0.29) is 6.54 Å². The molecule has 0 saturated carbocycles. The van der Waals surface area contributed by atoms with Gasteiger partial charge in [-0.1, -0.05) is 18.2 Å². The van der Waals surface area contributed by atoms with E-state index in [0.29, 0.717) is 17.1 Å². The molecule has 0 aliphatic carbocycles. The summed E-state index contributed by atoms with van der Waals surface area (Å²) in [6, 6.07) is 12.7. The number of nitrogens with zero attached hydrogens (tertiary/aromatic N) is 2. The Morgan fingerprint density at radius 1 is 1.10 bits per heavy atom. The first kappa shape index (κ1) is 19.9. The molecule has 0 radical (unpaired) electrons. The number of aryl methyl sites for hydroxylation is 1. The molecule has 0 bridgehead atoms. The summed E-state index contributed by atoms with van der Waals surface area (Å²) in [5, 5.41) is 7.56. The highest BCUT2D eigenvalue weighted by atomic mass is 16.5. The zero-order valence-corrected chi connectivity index (χ0v) is 16.4. The Labute approximate surface area is 168 Å². The minimum Gasteiger partial charge on any atom is -0.493 e. The van der Waals surface area contributed by atoms with E-state index in [1.807, 2.05) is 42.1 Å². The number of rotatable bonds is 7. The van der Waals surface area contributed by atoms with Crippen molar-refractivity contribution >= 4 is 28.9 Å². The first-order chi connectivity index (χ1) is 14.0. The van der Waals surface area contributed by atoms with Crippen molar-refractivity contribution in [1.29, 1.82) is 0 Å². The second kappa shape index (κ2) is 8.92. The number of benzene rings is 2. The largest absolute Gasteiger partial charge is 0.493 e. The Morgan fingerprint density at radius 2 is 1.86 bits per heavy atom. The van der Waals surface area contributed by atoms with Crippen LogP contribution in [-0.2, 0) is 11.8 Å². The maximum atomic E-state index is 12.2. The highest BCUT2D eigenvalue weighted by Crippen LogP contribution is 2.27. The van der Waals surface area contributed by atoms with Crippen LogP contribution in [0.4, 0.5) is 0 Å². The van der Waals surface area contributed by atoms with E-state index in [0.717, 1.165) is 16.5 Å². The van der Waals surface area contributed by atoms with Gasteiger partial charge in [0.1, 0.15) is 0 Å². The Bertz CT molecular complexity index is 1070. The third-order valence-corrected chi connectivity index (χ3v) is 4.38. The van der Waals surface area contributed by atoms with Gasteiger partial charge in [0.2, 0.25) is 0 Å². The normalized spacial score (nSPS) is 10.9. The maximum Gasteiger partial charge on any atom is 0.259 e. The van der Waals surface area contributed by atoms with Crippen molar-refractivity contribution in [3.05, 3.63) is 59.8 Å². The van der Waals surface area contributed by atoms with Crippen molar-refractivity contribution in [3.63, 3.8) is 0 Å². The molecule has 3 aromatic rings. The van der Waals surface area contributed by atoms with Crippen LogP contribution in [0.3, 0.4) is 0 Å². The molecule has 3 rings (SSSR count). The van der Waals surface area contributed by atoms with Gasteiger partial charge in [0.25, 0.3) is 11.8 Å². The summed E-state index contributed by atoms with van der Waals surface area (Å²) in [5.74, 6) is 0.114. The average Bonchev–Trinajstić information content (AvgIpc) is 3.07. The first-order valence-electron chi connectivity index (χ1n) is 8.89. The predicted octanol–water partition coefficient (Wildman–Crippen LogP) is 2.08. The summed E-state index contributed by atoms with van der Waals surface area (Å²) < 4.78 is 12.3. The van der Waals surface area contributed by atoms with Gasteiger partial charge < -0.3 is 19.4 Å². The highest BCUT2D eigenvalue weighted by molar-refractivity contribution is 6.00. The molecule has 1 heterocycles. The molecule has 0 saturated heterocycles. The third-order valence-electron chi connectivity index (χ3n) is 4.38. The van der Waals surface area contributed by atoms with Gasteiger partial charge in [-0.25, -0.2) is 5.43 Å². The van der Waals surface area contributed by atoms with E-state index >= 15 is 0 Å². The Hall–Kier alpha value is -3.81. The van der Waals surface area contributed by atoms with Crippen molar-refractivity contribution in [1.82, 2.24) is 15.3 Å². The number of carbonyl (C=O) groups is 2. The van der Waals surface area contributed by atoms with Crippen molar-refractivity contribution in [2.75, 3.05) is 20.8 Å². The molecule has 0 fully saturated rings. The molecule has 0 aliphatic rings. The summed E-state index contributed by atoms with van der Waals surface area (Å²) in [7, 11) is 4.95. The van der Waals surface area contributed by atoms with Crippen LogP contribution in [0.2, 0.25) is 0 Å². The molecule has 2 N–H and O–H groups in total. The average molecular weight is 394 g/mol. The molecule has 2 aromatic carbocycles. The molecule has 2 amide bonds. The molecule has 1 aromatic heterocycles. The van der Waals surface area contributed by atoms with Gasteiger partial charge in [-0.2, -0.15) is 5.10 Å². The summed E-state index contributed by atoms with van der Waals surface area (Å²) in [6.45, 7) is -0.208. The van der Waals surface area contributed by atoms with Crippen LogP contribution in [0.5, 0.6) is 11.5 Å². The quantitative estimate of drug-likeness (QED) is 0.474. The lowest BCUT2D eigenvalue weighted by Crippen LogP contribution is -2.34. The fourth-order valence-corrected chi connectivity index (χ4v) is 2.93. The lowest BCUT2D eigenvalue weighted by atomic mass is 10.2. The van der Waals surface area contributed by atoms with E-state index in [1.165, 1.54) is 14.2 Å². The number of hydrogen-bond donors (Lipinski definition) is 2. The Kier molecular flexibility index (Phi) is 6.13. The van der Waals surface area contributed by atoms with Crippen LogP contribution in [-0.4, -0.2) is 43.4 Å². The van der Waals surface area contributed by atoms with E-state index < -0.39 is 11.8 Å². The molecule has 0 spiro atoms. The van der Waals surface area contributed by atoms with E-state index in [2.05, 4.69) is 15.8 Å². The van der Waals surface area contributed by atoms with Crippen LogP contribution in [0.25, 0.3) is 10.9 Å². The van der Waals surface area contributed by atoms with E-state index in [1.54, 1.807) is 24.4 Å². The van der Waals surface area contributed by atoms with Gasteiger partial charge in [0.05, 0.1) is 27.0 Å². The first-order valence-corrected chi connectivity index (χ1v) is 8.89. The van der Waals surface area contributed by atoms with Gasteiger partial charge in [0.15, 0.2) is 11.5 Å². The van der Waals surface area contributed by atoms with Gasteiger partial charge in [-0.15, -0.1) is 0 Å². The number of aromatic nitrogens is 1. The summed E-state index contributed by atoms with van der Waals surface area (Å²) >= 11 is 0. The number of amides is 2. The Morgan fingerprint density at radius 3 is 2.62 bits per heavy atom. The number of nitrogens with one attached hydrogen (secondary N) is 2. The van der Waals surface area contributed by atoms with E-state index in [9.17, 15) is 9.59 Å². The predicted molar refractivity (Wildman–Crippen MR) is 111 cm³/mol. The SMILES string of the molecule is COc1ccc(C(=O)NCC(=O)N/N=C\c2cn(C)c3ccccc23)cc1OC. The van der Waals surface area contributed by atoms with Gasteiger partial charge in [0, 0.05) is 35.3 Å². The second-order valence-electron chi connectivity index (χ2n) is 6.26. The van der Waals surface area contributed by atoms with E-state index in [4.69, 9.17) is 9.47 Å². The van der Waals surface area contributed by atoms with Gasteiger partial charge >= 0.3 is 0 Å². The number of hydrazone groups is 1. The molecular weight excluding hydrogens is 372 g/mol.